The van der Waals surface area contributed by atoms with Gasteiger partial charge in [-0.3, -0.25) is 0 Å². The predicted octanol–water partition coefficient (Wildman–Crippen LogP) is 7.70. The van der Waals surface area contributed by atoms with E-state index in [0.717, 1.165) is 56.8 Å². The molecule has 0 amide bonds. The Balaban J connectivity index is 1.33. The summed E-state index contributed by atoms with van der Waals surface area (Å²) in [4.78, 5) is 0. The van der Waals surface area contributed by atoms with Crippen molar-refractivity contribution in [1.82, 2.24) is 10.2 Å². The third-order valence-corrected chi connectivity index (χ3v) is 7.23. The molecule has 0 spiro atoms. The Morgan fingerprint density at radius 1 is 0.889 bits per heavy atom. The van der Waals surface area contributed by atoms with Crippen LogP contribution in [0.3, 0.4) is 0 Å². The summed E-state index contributed by atoms with van der Waals surface area (Å²) in [6.45, 7) is 2.07. The molecule has 0 bridgehead atoms. The lowest BCUT2D eigenvalue weighted by Gasteiger charge is -2.38. The fourth-order valence-electron chi connectivity index (χ4n) is 5.10. The van der Waals surface area contributed by atoms with Gasteiger partial charge in [0.2, 0.25) is 6.23 Å². The van der Waals surface area contributed by atoms with Gasteiger partial charge in [0.15, 0.2) is 5.76 Å². The van der Waals surface area contributed by atoms with E-state index in [1.807, 2.05) is 42.5 Å². The largest absolute Gasteiger partial charge is 0.464 e. The molecule has 2 aliphatic heterocycles. The van der Waals surface area contributed by atoms with Crippen molar-refractivity contribution in [3.05, 3.63) is 118 Å². The Labute approximate surface area is 213 Å². The summed E-state index contributed by atoms with van der Waals surface area (Å²) in [5.74, 6) is 1.65. The van der Waals surface area contributed by atoms with Crippen LogP contribution in [0.4, 0.5) is 0 Å². The van der Waals surface area contributed by atoms with Crippen molar-refractivity contribution in [1.29, 1.82) is 0 Å². The highest BCUT2D eigenvalue weighted by Gasteiger charge is 2.41. The number of para-hydroxylation sites is 1. The van der Waals surface area contributed by atoms with Crippen molar-refractivity contribution in [2.75, 3.05) is 0 Å². The zero-order chi connectivity index (χ0) is 24.2. The van der Waals surface area contributed by atoms with E-state index in [4.69, 9.17) is 26.0 Å². The molecule has 6 heteroatoms. The molecule has 5 nitrogen and oxygen atoms in total. The van der Waals surface area contributed by atoms with Crippen LogP contribution in [0.15, 0.2) is 101 Å². The number of aromatic nitrogens is 1. The first-order valence-electron chi connectivity index (χ1n) is 12.0. The molecule has 176 valence electrons. The van der Waals surface area contributed by atoms with Crippen LogP contribution < -0.4 is 4.74 Å². The molecule has 0 aliphatic carbocycles. The third kappa shape index (κ3) is 3.47. The maximum Gasteiger partial charge on any atom is 0.213 e. The van der Waals surface area contributed by atoms with E-state index in [2.05, 4.69) is 65.6 Å². The van der Waals surface area contributed by atoms with E-state index in [1.54, 1.807) is 0 Å². The number of hydrazone groups is 1. The second-order valence-electron chi connectivity index (χ2n) is 9.32. The third-order valence-electron chi connectivity index (χ3n) is 6.98. The van der Waals surface area contributed by atoms with Crippen LogP contribution in [0.1, 0.15) is 40.9 Å². The molecule has 2 atom stereocenters. The molecule has 5 aromatic rings. The van der Waals surface area contributed by atoms with Crippen LogP contribution in [0, 0.1) is 6.92 Å². The summed E-state index contributed by atoms with van der Waals surface area (Å²) in [6, 6.07) is 30.6. The second kappa shape index (κ2) is 8.25. The van der Waals surface area contributed by atoms with Crippen molar-refractivity contribution in [3.63, 3.8) is 0 Å². The van der Waals surface area contributed by atoms with Gasteiger partial charge in [-0.25, -0.2) is 5.01 Å². The SMILES string of the molecule is Cc1ccc(-c2onc3ccc([C@@H]4Oc5ccccc5[C@@H]5CC(c6ccc(Cl)cc6)=NN54)cc23)cc1. The van der Waals surface area contributed by atoms with Crippen molar-refractivity contribution >= 4 is 28.2 Å². The van der Waals surface area contributed by atoms with Crippen LogP contribution in [-0.4, -0.2) is 15.9 Å². The molecule has 0 unspecified atom stereocenters. The van der Waals surface area contributed by atoms with Crippen molar-refractivity contribution in [2.45, 2.75) is 25.6 Å². The first-order chi connectivity index (χ1) is 17.6. The van der Waals surface area contributed by atoms with Gasteiger partial charge in [0.1, 0.15) is 11.3 Å². The number of benzene rings is 4. The summed E-state index contributed by atoms with van der Waals surface area (Å²) in [5, 5.41) is 13.1. The molecule has 0 radical (unpaired) electrons. The van der Waals surface area contributed by atoms with Gasteiger partial charge in [0.05, 0.1) is 17.1 Å². The van der Waals surface area contributed by atoms with Crippen molar-refractivity contribution < 1.29 is 9.26 Å². The highest BCUT2D eigenvalue weighted by molar-refractivity contribution is 6.30. The number of fused-ring (bicyclic) bond motifs is 4. The molecule has 0 saturated heterocycles. The lowest BCUT2D eigenvalue weighted by molar-refractivity contribution is -0.0189. The standard InChI is InChI=1S/C30H22ClN3O2/c1-18-6-8-20(9-7-18)29-24-16-21(12-15-25(24)33-36-29)30-34-27(23-4-2-3-5-28(23)35-30)17-26(32-34)19-10-13-22(31)14-11-19/h2-16,27,30H,17H2,1H3/t27-,30-/m0/s1. The van der Waals surface area contributed by atoms with Gasteiger partial charge in [-0.05, 0) is 42.8 Å². The van der Waals surface area contributed by atoms with E-state index in [-0.39, 0.29) is 12.3 Å². The first-order valence-corrected chi connectivity index (χ1v) is 12.4. The lowest BCUT2D eigenvalue weighted by atomic mass is 9.95. The fourth-order valence-corrected chi connectivity index (χ4v) is 5.22. The molecule has 0 fully saturated rings. The lowest BCUT2D eigenvalue weighted by Crippen LogP contribution is -2.33. The number of rotatable bonds is 3. The Morgan fingerprint density at radius 3 is 2.50 bits per heavy atom. The number of aryl methyl sites for hydroxylation is 1. The highest BCUT2D eigenvalue weighted by Crippen LogP contribution is 2.48. The van der Waals surface area contributed by atoms with Gasteiger partial charge < -0.3 is 9.26 Å². The average molecular weight is 492 g/mol. The quantitative estimate of drug-likeness (QED) is 0.259. The summed E-state index contributed by atoms with van der Waals surface area (Å²) in [7, 11) is 0. The van der Waals surface area contributed by atoms with Gasteiger partial charge in [0.25, 0.3) is 0 Å². The molecule has 2 aliphatic rings. The zero-order valence-electron chi connectivity index (χ0n) is 19.6. The van der Waals surface area contributed by atoms with E-state index >= 15 is 0 Å². The number of halogens is 1. The minimum absolute atomic E-state index is 0.0837. The number of ether oxygens (including phenoxy) is 1. The molecule has 0 saturated carbocycles. The summed E-state index contributed by atoms with van der Waals surface area (Å²) >= 11 is 6.13. The minimum Gasteiger partial charge on any atom is -0.464 e. The normalized spacial score (nSPS) is 18.5. The maximum absolute atomic E-state index is 6.57. The molecule has 0 N–H and O–H groups in total. The Bertz CT molecular complexity index is 1620. The molecule has 36 heavy (non-hydrogen) atoms. The van der Waals surface area contributed by atoms with Gasteiger partial charge in [-0.15, -0.1) is 0 Å². The Hall–Kier alpha value is -4.09. The molecule has 3 heterocycles. The van der Waals surface area contributed by atoms with Crippen molar-refractivity contribution in [2.24, 2.45) is 5.10 Å². The summed E-state index contributed by atoms with van der Waals surface area (Å²) in [6.07, 6.45) is 0.419. The second-order valence-corrected chi connectivity index (χ2v) is 9.75. The number of hydrogen-bond donors (Lipinski definition) is 0. The topological polar surface area (TPSA) is 50.9 Å². The molecular weight excluding hydrogens is 470 g/mol. The maximum atomic E-state index is 6.57. The number of nitrogens with zero attached hydrogens (tertiary/aromatic N) is 3. The van der Waals surface area contributed by atoms with E-state index in [0.29, 0.717) is 5.02 Å². The van der Waals surface area contributed by atoms with Crippen LogP contribution in [0.2, 0.25) is 5.02 Å². The Kier molecular flexibility index (Phi) is 4.86. The van der Waals surface area contributed by atoms with E-state index in [9.17, 15) is 0 Å². The van der Waals surface area contributed by atoms with Crippen molar-refractivity contribution in [3.8, 4) is 17.1 Å². The first kappa shape index (κ1) is 21.2. The zero-order valence-corrected chi connectivity index (χ0v) is 20.3. The van der Waals surface area contributed by atoms with Crippen LogP contribution in [0.25, 0.3) is 22.2 Å². The number of hydrogen-bond acceptors (Lipinski definition) is 5. The van der Waals surface area contributed by atoms with Crippen LogP contribution in [-0.2, 0) is 0 Å². The summed E-state index contributed by atoms with van der Waals surface area (Å²) < 4.78 is 12.3. The molecule has 1 aromatic heterocycles. The fraction of sp³-hybridized carbons (Fsp3) is 0.133. The van der Waals surface area contributed by atoms with Gasteiger partial charge >= 0.3 is 0 Å². The average Bonchev–Trinajstić information content (AvgIpc) is 3.54. The summed E-state index contributed by atoms with van der Waals surface area (Å²) in [5.41, 5.74) is 7.25. The van der Waals surface area contributed by atoms with Crippen LogP contribution in [0.5, 0.6) is 5.75 Å². The predicted molar refractivity (Wildman–Crippen MR) is 141 cm³/mol. The van der Waals surface area contributed by atoms with E-state index < -0.39 is 0 Å². The molecule has 7 rings (SSSR count). The highest BCUT2D eigenvalue weighted by atomic mass is 35.5. The molecule has 4 aromatic carbocycles. The monoisotopic (exact) mass is 491 g/mol. The molecular formula is C30H22ClN3O2. The van der Waals surface area contributed by atoms with Gasteiger partial charge in [0, 0.05) is 28.1 Å². The van der Waals surface area contributed by atoms with Crippen LogP contribution >= 0.6 is 11.6 Å². The smallest absolute Gasteiger partial charge is 0.213 e. The van der Waals surface area contributed by atoms with Gasteiger partial charge in [-0.2, -0.15) is 5.10 Å². The minimum atomic E-state index is -0.375. The Morgan fingerprint density at radius 2 is 1.67 bits per heavy atom. The van der Waals surface area contributed by atoms with E-state index in [1.165, 1.54) is 5.56 Å². The van der Waals surface area contributed by atoms with Gasteiger partial charge in [-0.1, -0.05) is 83.0 Å².